The zero-order valence-electron chi connectivity index (χ0n) is 12.8. The van der Waals surface area contributed by atoms with Crippen LogP contribution in [0.15, 0.2) is 64.0 Å². The van der Waals surface area contributed by atoms with Crippen molar-refractivity contribution < 1.29 is 4.79 Å². The molecule has 0 radical (unpaired) electrons. The average Bonchev–Trinajstić information content (AvgIpc) is 2.58. The van der Waals surface area contributed by atoms with Crippen molar-refractivity contribution in [3.05, 3.63) is 59.1 Å². The van der Waals surface area contributed by atoms with Crippen LogP contribution in [0.25, 0.3) is 0 Å². The van der Waals surface area contributed by atoms with Crippen molar-refractivity contribution in [2.45, 2.75) is 23.5 Å². The number of carbonyl (C=O) groups excluding carboxylic acids is 1. The number of hydrogen-bond acceptors (Lipinski definition) is 3. The van der Waals surface area contributed by atoms with E-state index in [0.29, 0.717) is 13.0 Å². The van der Waals surface area contributed by atoms with Gasteiger partial charge in [0.05, 0.1) is 17.7 Å². The van der Waals surface area contributed by atoms with Crippen molar-refractivity contribution in [1.82, 2.24) is 0 Å². The second kappa shape index (κ2) is 8.76. The lowest BCUT2D eigenvalue weighted by Gasteiger charge is -2.25. The van der Waals surface area contributed by atoms with Crippen LogP contribution < -0.4 is 4.90 Å². The molecule has 0 aliphatic carbocycles. The van der Waals surface area contributed by atoms with E-state index < -0.39 is 0 Å². The summed E-state index contributed by atoms with van der Waals surface area (Å²) in [6.45, 7) is 2.30. The zero-order valence-corrected chi connectivity index (χ0v) is 15.2. The summed E-state index contributed by atoms with van der Waals surface area (Å²) >= 11 is 5.02. The Hall–Kier alpha value is -1.77. The van der Waals surface area contributed by atoms with Crippen LogP contribution in [0, 0.1) is 11.3 Å². The summed E-state index contributed by atoms with van der Waals surface area (Å²) in [6, 6.07) is 19.5. The molecular formula is C18H17BrN2OS. The van der Waals surface area contributed by atoms with Crippen molar-refractivity contribution >= 4 is 39.3 Å². The number of anilines is 1. The highest BCUT2D eigenvalue weighted by molar-refractivity contribution is 9.10. The fraction of sp³-hybridized carbons (Fsp3) is 0.222. The molecule has 0 saturated heterocycles. The third-order valence-electron chi connectivity index (χ3n) is 3.27. The highest BCUT2D eigenvalue weighted by Gasteiger charge is 2.23. The van der Waals surface area contributed by atoms with Crippen LogP contribution in [0.1, 0.15) is 13.3 Å². The molecule has 2 aromatic carbocycles. The minimum Gasteiger partial charge on any atom is -0.310 e. The largest absolute Gasteiger partial charge is 0.310 e. The Bertz CT molecular complexity index is 700. The van der Waals surface area contributed by atoms with Gasteiger partial charge in [-0.1, -0.05) is 30.3 Å². The predicted octanol–water partition coefficient (Wildman–Crippen LogP) is 4.88. The van der Waals surface area contributed by atoms with E-state index in [1.807, 2.05) is 61.5 Å². The summed E-state index contributed by atoms with van der Waals surface area (Å²) in [5.74, 6) is 0.00667. The van der Waals surface area contributed by atoms with Gasteiger partial charge in [-0.25, -0.2) is 0 Å². The van der Waals surface area contributed by atoms with Crippen molar-refractivity contribution in [3.63, 3.8) is 0 Å². The van der Waals surface area contributed by atoms with Gasteiger partial charge in [0.25, 0.3) is 0 Å². The minimum absolute atomic E-state index is 0.00667. The molecule has 2 rings (SSSR count). The molecular weight excluding hydrogens is 372 g/mol. The summed E-state index contributed by atoms with van der Waals surface area (Å²) < 4.78 is 0.980. The molecule has 0 fully saturated rings. The first-order chi connectivity index (χ1) is 11.1. The Morgan fingerprint density at radius 2 is 1.87 bits per heavy atom. The fourth-order valence-corrected chi connectivity index (χ4v) is 3.65. The Morgan fingerprint density at radius 3 is 2.52 bits per heavy atom. The van der Waals surface area contributed by atoms with Gasteiger partial charge in [-0.3, -0.25) is 4.79 Å². The second-order valence-corrected chi connectivity index (χ2v) is 7.16. The van der Waals surface area contributed by atoms with Crippen LogP contribution in [0.2, 0.25) is 0 Å². The summed E-state index contributed by atoms with van der Waals surface area (Å²) in [4.78, 5) is 15.6. The fourth-order valence-electron chi connectivity index (χ4n) is 2.14. The summed E-state index contributed by atoms with van der Waals surface area (Å²) in [5, 5.41) is 8.61. The third kappa shape index (κ3) is 4.85. The van der Waals surface area contributed by atoms with E-state index >= 15 is 0 Å². The summed E-state index contributed by atoms with van der Waals surface area (Å²) in [6.07, 6.45) is 0.313. The SMILES string of the molecule is CC(Sc1ccccc1Br)C(=O)N(CCC#N)c1ccccc1. The van der Waals surface area contributed by atoms with Crippen molar-refractivity contribution in [2.24, 2.45) is 0 Å². The van der Waals surface area contributed by atoms with Gasteiger partial charge < -0.3 is 4.90 Å². The van der Waals surface area contributed by atoms with Gasteiger partial charge in [-0.2, -0.15) is 5.26 Å². The minimum atomic E-state index is -0.243. The number of rotatable bonds is 6. The van der Waals surface area contributed by atoms with Gasteiger partial charge in [-0.15, -0.1) is 11.8 Å². The zero-order chi connectivity index (χ0) is 16.7. The molecule has 1 unspecified atom stereocenters. The molecule has 0 aliphatic heterocycles. The molecule has 0 bridgehead atoms. The van der Waals surface area contributed by atoms with E-state index in [2.05, 4.69) is 22.0 Å². The van der Waals surface area contributed by atoms with E-state index in [1.54, 1.807) is 4.90 Å². The first-order valence-electron chi connectivity index (χ1n) is 7.28. The number of hydrogen-bond donors (Lipinski definition) is 0. The first-order valence-corrected chi connectivity index (χ1v) is 8.95. The van der Waals surface area contributed by atoms with E-state index in [1.165, 1.54) is 11.8 Å². The van der Waals surface area contributed by atoms with E-state index in [-0.39, 0.29) is 11.2 Å². The second-order valence-electron chi connectivity index (χ2n) is 4.92. The molecule has 0 aliphatic rings. The molecule has 3 nitrogen and oxygen atoms in total. The van der Waals surface area contributed by atoms with Gasteiger partial charge in [0.1, 0.15) is 0 Å². The van der Waals surface area contributed by atoms with Crippen LogP contribution in [0.5, 0.6) is 0 Å². The van der Waals surface area contributed by atoms with Crippen LogP contribution in [-0.4, -0.2) is 17.7 Å². The van der Waals surface area contributed by atoms with Crippen LogP contribution in [0.3, 0.4) is 0 Å². The molecule has 2 aromatic rings. The van der Waals surface area contributed by atoms with E-state index in [4.69, 9.17) is 5.26 Å². The van der Waals surface area contributed by atoms with Crippen molar-refractivity contribution in [3.8, 4) is 6.07 Å². The topological polar surface area (TPSA) is 44.1 Å². The highest BCUT2D eigenvalue weighted by Crippen LogP contribution is 2.31. The first kappa shape index (κ1) is 17.6. The number of nitriles is 1. The van der Waals surface area contributed by atoms with E-state index in [0.717, 1.165) is 15.1 Å². The Balaban J connectivity index is 2.16. The number of carbonyl (C=O) groups is 1. The van der Waals surface area contributed by atoms with Crippen molar-refractivity contribution in [1.29, 1.82) is 5.26 Å². The maximum absolute atomic E-state index is 12.8. The normalized spacial score (nSPS) is 11.5. The lowest BCUT2D eigenvalue weighted by atomic mass is 10.2. The number of para-hydroxylation sites is 1. The molecule has 5 heteroatoms. The maximum Gasteiger partial charge on any atom is 0.240 e. The van der Waals surface area contributed by atoms with E-state index in [9.17, 15) is 4.79 Å². The van der Waals surface area contributed by atoms with Gasteiger partial charge in [0.2, 0.25) is 5.91 Å². The molecule has 0 heterocycles. The Labute approximate surface area is 149 Å². The number of nitrogens with zero attached hydrogens (tertiary/aromatic N) is 2. The average molecular weight is 389 g/mol. The van der Waals surface area contributed by atoms with Crippen molar-refractivity contribution in [2.75, 3.05) is 11.4 Å². The Kier molecular flexibility index (Phi) is 6.69. The van der Waals surface area contributed by atoms with Crippen LogP contribution >= 0.6 is 27.7 Å². The number of amides is 1. The Morgan fingerprint density at radius 1 is 1.22 bits per heavy atom. The smallest absolute Gasteiger partial charge is 0.240 e. The quantitative estimate of drug-likeness (QED) is 0.662. The molecule has 23 heavy (non-hydrogen) atoms. The van der Waals surface area contributed by atoms with Gasteiger partial charge in [-0.05, 0) is 47.1 Å². The molecule has 0 aromatic heterocycles. The molecule has 1 atom stereocenters. The molecule has 0 N–H and O–H groups in total. The van der Waals surface area contributed by atoms with Crippen LogP contribution in [-0.2, 0) is 4.79 Å². The summed E-state index contributed by atoms with van der Waals surface area (Å²) in [7, 11) is 0. The standard InChI is InChI=1S/C18H17BrN2OS/c1-14(23-17-11-6-5-10-16(17)19)18(22)21(13-7-12-20)15-8-3-2-4-9-15/h2-6,8-11,14H,7,13H2,1H3. The van der Waals surface area contributed by atoms with Gasteiger partial charge >= 0.3 is 0 Å². The monoisotopic (exact) mass is 388 g/mol. The highest BCUT2D eigenvalue weighted by atomic mass is 79.9. The number of thioether (sulfide) groups is 1. The number of halogens is 1. The van der Waals surface area contributed by atoms with Gasteiger partial charge in [0, 0.05) is 21.6 Å². The van der Waals surface area contributed by atoms with Crippen LogP contribution in [0.4, 0.5) is 5.69 Å². The number of benzene rings is 2. The lowest BCUT2D eigenvalue weighted by molar-refractivity contribution is -0.117. The molecule has 0 saturated carbocycles. The summed E-state index contributed by atoms with van der Waals surface area (Å²) in [5.41, 5.74) is 0.826. The maximum atomic E-state index is 12.8. The molecule has 1 amide bonds. The predicted molar refractivity (Wildman–Crippen MR) is 98.5 cm³/mol. The lowest BCUT2D eigenvalue weighted by Crippen LogP contribution is -2.37. The molecule has 118 valence electrons. The molecule has 0 spiro atoms. The third-order valence-corrected chi connectivity index (χ3v) is 5.39. The van der Waals surface area contributed by atoms with Gasteiger partial charge in [0.15, 0.2) is 0 Å².